The van der Waals surface area contributed by atoms with Crippen LogP contribution in [0.5, 0.6) is 5.75 Å². The summed E-state index contributed by atoms with van der Waals surface area (Å²) in [7, 11) is 1.56. The van der Waals surface area contributed by atoms with Gasteiger partial charge in [0.2, 0.25) is 0 Å². The minimum absolute atomic E-state index is 0.183. The maximum atomic E-state index is 11.9. The molecule has 1 aromatic rings. The summed E-state index contributed by atoms with van der Waals surface area (Å²) in [5, 5.41) is 8.25. The van der Waals surface area contributed by atoms with E-state index in [4.69, 9.17) is 4.74 Å². The molecule has 0 atom stereocenters. The van der Waals surface area contributed by atoms with Crippen molar-refractivity contribution in [2.75, 3.05) is 26.7 Å². The monoisotopic (exact) mass is 291 g/mol. The zero-order valence-electron chi connectivity index (χ0n) is 12.1. The molecule has 21 heavy (non-hydrogen) atoms. The topological polar surface area (TPSA) is 79.5 Å². The van der Waals surface area contributed by atoms with Crippen LogP contribution >= 0.6 is 0 Å². The van der Waals surface area contributed by atoms with Gasteiger partial charge in [-0.3, -0.25) is 4.79 Å². The van der Waals surface area contributed by atoms with Crippen LogP contribution in [0, 0.1) is 5.92 Å². The minimum atomic E-state index is -0.186. The van der Waals surface area contributed by atoms with Crippen LogP contribution in [0.4, 0.5) is 4.79 Å². The zero-order chi connectivity index (χ0) is 15.1. The number of ether oxygens (including phenoxy) is 1. The van der Waals surface area contributed by atoms with Gasteiger partial charge in [-0.1, -0.05) is 6.07 Å². The molecule has 114 valence electrons. The fourth-order valence-corrected chi connectivity index (χ4v) is 1.84. The maximum absolute atomic E-state index is 11.9. The molecule has 0 aliphatic heterocycles. The smallest absolute Gasteiger partial charge is 0.314 e. The van der Waals surface area contributed by atoms with Crippen LogP contribution in [0.2, 0.25) is 0 Å². The van der Waals surface area contributed by atoms with Crippen molar-refractivity contribution in [3.63, 3.8) is 0 Å². The van der Waals surface area contributed by atoms with Crippen molar-refractivity contribution in [2.45, 2.75) is 12.8 Å². The molecular formula is C15H21N3O3. The molecule has 2 rings (SSSR count). The van der Waals surface area contributed by atoms with Crippen LogP contribution < -0.4 is 20.7 Å². The zero-order valence-corrected chi connectivity index (χ0v) is 12.1. The predicted octanol–water partition coefficient (Wildman–Crippen LogP) is 1.13. The second kappa shape index (κ2) is 7.52. The summed E-state index contributed by atoms with van der Waals surface area (Å²) in [6.45, 7) is 1.51. The summed E-state index contributed by atoms with van der Waals surface area (Å²) < 4.78 is 5.07. The highest BCUT2D eigenvalue weighted by Crippen LogP contribution is 2.27. The van der Waals surface area contributed by atoms with Gasteiger partial charge in [-0.25, -0.2) is 4.79 Å². The molecule has 0 bridgehead atoms. The normalized spacial score (nSPS) is 13.4. The Kier molecular flexibility index (Phi) is 5.43. The van der Waals surface area contributed by atoms with Gasteiger partial charge in [-0.15, -0.1) is 0 Å². The van der Waals surface area contributed by atoms with Crippen molar-refractivity contribution in [3.8, 4) is 5.75 Å². The third-order valence-corrected chi connectivity index (χ3v) is 3.28. The predicted molar refractivity (Wildman–Crippen MR) is 79.5 cm³/mol. The second-order valence-corrected chi connectivity index (χ2v) is 5.07. The number of amides is 3. The van der Waals surface area contributed by atoms with Gasteiger partial charge in [-0.2, -0.15) is 0 Å². The van der Waals surface area contributed by atoms with Crippen LogP contribution in [0.25, 0.3) is 0 Å². The molecule has 1 saturated carbocycles. The van der Waals surface area contributed by atoms with Crippen molar-refractivity contribution >= 4 is 11.9 Å². The lowest BCUT2D eigenvalue weighted by Gasteiger charge is -2.09. The number of benzene rings is 1. The minimum Gasteiger partial charge on any atom is -0.497 e. The largest absolute Gasteiger partial charge is 0.497 e. The molecule has 1 aliphatic carbocycles. The molecule has 0 spiro atoms. The van der Waals surface area contributed by atoms with E-state index >= 15 is 0 Å². The van der Waals surface area contributed by atoms with E-state index in [0.29, 0.717) is 30.3 Å². The molecule has 0 aromatic heterocycles. The van der Waals surface area contributed by atoms with Crippen LogP contribution in [-0.2, 0) is 0 Å². The number of urea groups is 1. The highest BCUT2D eigenvalue weighted by Gasteiger charge is 2.21. The Hall–Kier alpha value is -2.24. The van der Waals surface area contributed by atoms with Gasteiger partial charge in [0.1, 0.15) is 5.75 Å². The van der Waals surface area contributed by atoms with Crippen molar-refractivity contribution in [2.24, 2.45) is 5.92 Å². The third kappa shape index (κ3) is 5.33. The van der Waals surface area contributed by atoms with Gasteiger partial charge in [0.25, 0.3) is 5.91 Å². The molecule has 6 nitrogen and oxygen atoms in total. The summed E-state index contributed by atoms with van der Waals surface area (Å²) in [6, 6.07) is 6.75. The van der Waals surface area contributed by atoms with Gasteiger partial charge in [0, 0.05) is 25.2 Å². The lowest BCUT2D eigenvalue weighted by Crippen LogP contribution is -2.40. The number of methoxy groups -OCH3 is 1. The first-order valence-corrected chi connectivity index (χ1v) is 7.13. The summed E-state index contributed by atoms with van der Waals surface area (Å²) in [5.41, 5.74) is 0.535. The van der Waals surface area contributed by atoms with E-state index < -0.39 is 0 Å². The number of hydrogen-bond donors (Lipinski definition) is 3. The summed E-state index contributed by atoms with van der Waals surface area (Å²) in [5.74, 6) is 1.11. The van der Waals surface area contributed by atoms with Crippen molar-refractivity contribution < 1.29 is 14.3 Å². The fourth-order valence-electron chi connectivity index (χ4n) is 1.84. The van der Waals surface area contributed by atoms with E-state index in [2.05, 4.69) is 16.0 Å². The van der Waals surface area contributed by atoms with Gasteiger partial charge in [0.05, 0.1) is 7.11 Å². The summed E-state index contributed by atoms with van der Waals surface area (Å²) in [4.78, 5) is 23.3. The van der Waals surface area contributed by atoms with Gasteiger partial charge in [-0.05, 0) is 37.0 Å². The number of rotatable bonds is 7. The highest BCUT2D eigenvalue weighted by atomic mass is 16.5. The molecule has 3 amide bonds. The van der Waals surface area contributed by atoms with E-state index in [1.165, 1.54) is 12.8 Å². The summed E-state index contributed by atoms with van der Waals surface area (Å²) >= 11 is 0. The quantitative estimate of drug-likeness (QED) is 0.659. The molecule has 1 aliphatic rings. The molecular weight excluding hydrogens is 270 g/mol. The SMILES string of the molecule is COc1cccc(C(=O)NCCNC(=O)NCC2CC2)c1. The van der Waals surface area contributed by atoms with E-state index in [1.54, 1.807) is 31.4 Å². The second-order valence-electron chi connectivity index (χ2n) is 5.07. The van der Waals surface area contributed by atoms with Crippen LogP contribution in [-0.4, -0.2) is 38.7 Å². The Morgan fingerprint density at radius 1 is 1.19 bits per heavy atom. The molecule has 0 saturated heterocycles. The average Bonchev–Trinajstić information content (AvgIpc) is 3.33. The van der Waals surface area contributed by atoms with E-state index in [0.717, 1.165) is 6.54 Å². The molecule has 1 aromatic carbocycles. The lowest BCUT2D eigenvalue weighted by atomic mass is 10.2. The molecule has 6 heteroatoms. The van der Waals surface area contributed by atoms with E-state index in [1.807, 2.05) is 0 Å². The van der Waals surface area contributed by atoms with Crippen LogP contribution in [0.15, 0.2) is 24.3 Å². The van der Waals surface area contributed by atoms with Crippen molar-refractivity contribution in [3.05, 3.63) is 29.8 Å². The van der Waals surface area contributed by atoms with Crippen LogP contribution in [0.1, 0.15) is 23.2 Å². The Balaban J connectivity index is 1.62. The lowest BCUT2D eigenvalue weighted by molar-refractivity contribution is 0.0953. The first-order valence-electron chi connectivity index (χ1n) is 7.13. The van der Waals surface area contributed by atoms with Crippen molar-refractivity contribution in [1.82, 2.24) is 16.0 Å². The Morgan fingerprint density at radius 3 is 2.67 bits per heavy atom. The molecule has 1 fully saturated rings. The fraction of sp³-hybridized carbons (Fsp3) is 0.467. The molecule has 0 radical (unpaired) electrons. The Labute approximate surface area is 124 Å². The molecule has 0 unspecified atom stereocenters. The van der Waals surface area contributed by atoms with Gasteiger partial charge in [0.15, 0.2) is 0 Å². The van der Waals surface area contributed by atoms with Gasteiger partial charge < -0.3 is 20.7 Å². The van der Waals surface area contributed by atoms with Gasteiger partial charge >= 0.3 is 6.03 Å². The Morgan fingerprint density at radius 2 is 1.95 bits per heavy atom. The number of carbonyl (C=O) groups is 2. The molecule has 0 heterocycles. The average molecular weight is 291 g/mol. The molecule has 3 N–H and O–H groups in total. The highest BCUT2D eigenvalue weighted by molar-refractivity contribution is 5.94. The third-order valence-electron chi connectivity index (χ3n) is 3.28. The van der Waals surface area contributed by atoms with E-state index in [-0.39, 0.29) is 11.9 Å². The number of carbonyl (C=O) groups excluding carboxylic acids is 2. The maximum Gasteiger partial charge on any atom is 0.314 e. The van der Waals surface area contributed by atoms with Crippen molar-refractivity contribution in [1.29, 1.82) is 0 Å². The standard InChI is InChI=1S/C15H21N3O3/c1-21-13-4-2-3-12(9-13)14(19)16-7-8-17-15(20)18-10-11-5-6-11/h2-4,9,11H,5-8,10H2,1H3,(H,16,19)(H2,17,18,20). The number of hydrogen-bond acceptors (Lipinski definition) is 3. The summed E-state index contributed by atoms with van der Waals surface area (Å²) in [6.07, 6.45) is 2.41. The van der Waals surface area contributed by atoms with E-state index in [9.17, 15) is 9.59 Å². The first kappa shape index (κ1) is 15.2. The first-order chi connectivity index (χ1) is 10.2. The number of nitrogens with one attached hydrogen (secondary N) is 3. The van der Waals surface area contributed by atoms with Crippen LogP contribution in [0.3, 0.4) is 0 Å². The Bertz CT molecular complexity index is 501.